The van der Waals surface area contributed by atoms with Gasteiger partial charge in [-0.3, -0.25) is 14.5 Å². The molecule has 1 atom stereocenters. The van der Waals surface area contributed by atoms with Crippen LogP contribution in [0.2, 0.25) is 0 Å². The molecule has 3 N–H and O–H groups in total. The van der Waals surface area contributed by atoms with Gasteiger partial charge in [-0.05, 0) is 69.3 Å². The molecule has 0 saturated carbocycles. The molecule has 1 saturated heterocycles. The molecule has 1 aliphatic rings. The molecule has 1 fully saturated rings. The molecule has 3 rings (SSSR count). The van der Waals surface area contributed by atoms with E-state index in [0.29, 0.717) is 16.9 Å². The fourth-order valence-corrected chi connectivity index (χ4v) is 3.19. The van der Waals surface area contributed by atoms with Gasteiger partial charge in [-0.1, -0.05) is 12.1 Å². The summed E-state index contributed by atoms with van der Waals surface area (Å²) in [5.41, 5.74) is 2.40. The minimum Gasteiger partial charge on any atom is -0.508 e. The van der Waals surface area contributed by atoms with Gasteiger partial charge in [-0.25, -0.2) is 0 Å². The zero-order valence-corrected chi connectivity index (χ0v) is 15.0. The van der Waals surface area contributed by atoms with Gasteiger partial charge in [-0.2, -0.15) is 0 Å². The third-order valence-electron chi connectivity index (χ3n) is 4.68. The molecule has 6 nitrogen and oxygen atoms in total. The summed E-state index contributed by atoms with van der Waals surface area (Å²) in [7, 11) is 1.95. The van der Waals surface area contributed by atoms with Crippen molar-refractivity contribution >= 4 is 23.2 Å². The molecule has 0 unspecified atom stereocenters. The minimum atomic E-state index is -0.308. The van der Waals surface area contributed by atoms with Gasteiger partial charge in [0.1, 0.15) is 5.75 Å². The SMILES string of the molecule is Cc1ccc(O)cc1C(=O)Nc1cccc(NC(=O)[C@@H]2CCCN2C)c1. The maximum Gasteiger partial charge on any atom is 0.256 e. The van der Waals surface area contributed by atoms with Crippen molar-refractivity contribution < 1.29 is 14.7 Å². The van der Waals surface area contributed by atoms with Crippen molar-refractivity contribution in [2.45, 2.75) is 25.8 Å². The summed E-state index contributed by atoms with van der Waals surface area (Å²) in [6, 6.07) is 11.6. The number of amides is 2. The largest absolute Gasteiger partial charge is 0.508 e. The Balaban J connectivity index is 1.70. The normalized spacial score (nSPS) is 17.1. The van der Waals surface area contributed by atoms with Crippen molar-refractivity contribution in [3.05, 3.63) is 53.6 Å². The number of likely N-dealkylation sites (N-methyl/N-ethyl adjacent to an activating group) is 1. The lowest BCUT2D eigenvalue weighted by molar-refractivity contribution is -0.119. The first-order valence-corrected chi connectivity index (χ1v) is 8.66. The molecule has 2 amide bonds. The van der Waals surface area contributed by atoms with Gasteiger partial charge in [0.25, 0.3) is 5.91 Å². The van der Waals surface area contributed by atoms with E-state index >= 15 is 0 Å². The van der Waals surface area contributed by atoms with Crippen molar-refractivity contribution in [1.29, 1.82) is 0 Å². The monoisotopic (exact) mass is 353 g/mol. The second-order valence-electron chi connectivity index (χ2n) is 6.66. The quantitative estimate of drug-likeness (QED) is 0.789. The Morgan fingerprint density at radius 1 is 1.12 bits per heavy atom. The van der Waals surface area contributed by atoms with Crippen LogP contribution in [0.1, 0.15) is 28.8 Å². The molecule has 0 aromatic heterocycles. The predicted octanol–water partition coefficient (Wildman–Crippen LogP) is 2.99. The molecule has 2 aromatic carbocycles. The minimum absolute atomic E-state index is 0.0303. The molecule has 0 bridgehead atoms. The van der Waals surface area contributed by atoms with Gasteiger partial charge in [0, 0.05) is 16.9 Å². The topological polar surface area (TPSA) is 81.7 Å². The summed E-state index contributed by atoms with van der Waals surface area (Å²) in [5, 5.41) is 15.3. The number of likely N-dealkylation sites (tertiary alicyclic amines) is 1. The molecule has 26 heavy (non-hydrogen) atoms. The number of phenols is 1. The molecular weight excluding hydrogens is 330 g/mol. The average molecular weight is 353 g/mol. The number of carbonyl (C=O) groups excluding carboxylic acids is 2. The second kappa shape index (κ2) is 7.58. The molecule has 6 heteroatoms. The number of benzene rings is 2. The molecule has 1 aliphatic heterocycles. The predicted molar refractivity (Wildman–Crippen MR) is 102 cm³/mol. The van der Waals surface area contributed by atoms with Crippen LogP contribution in [-0.4, -0.2) is 41.5 Å². The molecule has 0 radical (unpaired) electrons. The number of phenolic OH excluding ortho intramolecular Hbond substituents is 1. The lowest BCUT2D eigenvalue weighted by Gasteiger charge is -2.19. The van der Waals surface area contributed by atoms with Crippen molar-refractivity contribution in [2.75, 3.05) is 24.2 Å². The Labute approximate surface area is 152 Å². The molecule has 0 aliphatic carbocycles. The molecule has 136 valence electrons. The average Bonchev–Trinajstić information content (AvgIpc) is 3.03. The maximum absolute atomic E-state index is 12.5. The lowest BCUT2D eigenvalue weighted by atomic mass is 10.1. The first-order valence-electron chi connectivity index (χ1n) is 8.66. The van der Waals surface area contributed by atoms with Gasteiger partial charge >= 0.3 is 0 Å². The Bertz CT molecular complexity index is 835. The van der Waals surface area contributed by atoms with E-state index < -0.39 is 0 Å². The number of nitrogens with one attached hydrogen (secondary N) is 2. The van der Waals surface area contributed by atoms with Crippen LogP contribution in [0.15, 0.2) is 42.5 Å². The standard InChI is InChI=1S/C20H23N3O3/c1-13-8-9-16(24)12-17(13)19(25)21-14-5-3-6-15(11-14)22-20(26)18-7-4-10-23(18)2/h3,5-6,8-9,11-12,18,24H,4,7,10H2,1-2H3,(H,21,25)(H,22,26)/t18-/m0/s1. The van der Waals surface area contributed by atoms with Crippen LogP contribution in [-0.2, 0) is 4.79 Å². The van der Waals surface area contributed by atoms with Gasteiger partial charge in [-0.15, -0.1) is 0 Å². The molecule has 2 aromatic rings. The van der Waals surface area contributed by atoms with Gasteiger partial charge in [0.2, 0.25) is 5.91 Å². The summed E-state index contributed by atoms with van der Waals surface area (Å²) in [5.74, 6) is -0.294. The number of aromatic hydroxyl groups is 1. The highest BCUT2D eigenvalue weighted by atomic mass is 16.3. The first-order chi connectivity index (χ1) is 12.4. The molecule has 1 heterocycles. The lowest BCUT2D eigenvalue weighted by Crippen LogP contribution is -2.37. The number of hydrogen-bond acceptors (Lipinski definition) is 4. The van der Waals surface area contributed by atoms with Crippen molar-refractivity contribution in [3.8, 4) is 5.75 Å². The van der Waals surface area contributed by atoms with Gasteiger partial charge in [0.15, 0.2) is 0 Å². The first kappa shape index (κ1) is 17.9. The zero-order chi connectivity index (χ0) is 18.7. The fraction of sp³-hybridized carbons (Fsp3) is 0.300. The van der Waals surface area contributed by atoms with Crippen molar-refractivity contribution in [3.63, 3.8) is 0 Å². The highest BCUT2D eigenvalue weighted by molar-refractivity contribution is 6.06. The highest BCUT2D eigenvalue weighted by Gasteiger charge is 2.27. The van der Waals surface area contributed by atoms with E-state index in [1.54, 1.807) is 36.4 Å². The van der Waals surface area contributed by atoms with E-state index in [9.17, 15) is 14.7 Å². The van der Waals surface area contributed by atoms with Crippen LogP contribution in [0.25, 0.3) is 0 Å². The highest BCUT2D eigenvalue weighted by Crippen LogP contribution is 2.21. The summed E-state index contributed by atoms with van der Waals surface area (Å²) < 4.78 is 0. The van der Waals surface area contributed by atoms with Crippen LogP contribution in [0.4, 0.5) is 11.4 Å². The summed E-state index contributed by atoms with van der Waals surface area (Å²) >= 11 is 0. The van der Waals surface area contributed by atoms with Crippen molar-refractivity contribution in [1.82, 2.24) is 4.90 Å². The van der Waals surface area contributed by atoms with Gasteiger partial charge < -0.3 is 15.7 Å². The number of carbonyl (C=O) groups is 2. The number of rotatable bonds is 4. The fourth-order valence-electron chi connectivity index (χ4n) is 3.19. The van der Waals surface area contributed by atoms with E-state index in [1.165, 1.54) is 6.07 Å². The Kier molecular flexibility index (Phi) is 5.23. The van der Waals surface area contributed by atoms with Gasteiger partial charge in [0.05, 0.1) is 6.04 Å². The van der Waals surface area contributed by atoms with Crippen LogP contribution in [0.5, 0.6) is 5.75 Å². The van der Waals surface area contributed by atoms with Crippen LogP contribution in [0, 0.1) is 6.92 Å². The van der Waals surface area contributed by atoms with Crippen LogP contribution < -0.4 is 10.6 Å². The van der Waals surface area contributed by atoms with Crippen LogP contribution in [0.3, 0.4) is 0 Å². The van der Waals surface area contributed by atoms with E-state index in [4.69, 9.17) is 0 Å². The second-order valence-corrected chi connectivity index (χ2v) is 6.66. The number of nitrogens with zero attached hydrogens (tertiary/aromatic N) is 1. The maximum atomic E-state index is 12.5. The Morgan fingerprint density at radius 3 is 2.54 bits per heavy atom. The van der Waals surface area contributed by atoms with E-state index in [1.807, 2.05) is 18.9 Å². The summed E-state index contributed by atoms with van der Waals surface area (Å²) in [6.45, 7) is 2.74. The van der Waals surface area contributed by atoms with E-state index in [2.05, 4.69) is 10.6 Å². The van der Waals surface area contributed by atoms with E-state index in [-0.39, 0.29) is 23.6 Å². The third-order valence-corrected chi connectivity index (χ3v) is 4.68. The Hall–Kier alpha value is -2.86. The molecular formula is C20H23N3O3. The smallest absolute Gasteiger partial charge is 0.256 e. The summed E-state index contributed by atoms with van der Waals surface area (Å²) in [4.78, 5) is 26.9. The number of anilines is 2. The Morgan fingerprint density at radius 2 is 1.85 bits per heavy atom. The van der Waals surface area contributed by atoms with E-state index in [0.717, 1.165) is 24.9 Å². The summed E-state index contributed by atoms with van der Waals surface area (Å²) in [6.07, 6.45) is 1.88. The third kappa shape index (κ3) is 4.03. The number of aryl methyl sites for hydroxylation is 1. The zero-order valence-electron chi connectivity index (χ0n) is 15.0. The number of hydrogen-bond donors (Lipinski definition) is 3. The van der Waals surface area contributed by atoms with Crippen molar-refractivity contribution in [2.24, 2.45) is 0 Å². The molecule has 0 spiro atoms. The van der Waals surface area contributed by atoms with Crippen LogP contribution >= 0.6 is 0 Å².